The number of hydrogen-bond donors (Lipinski definition) is 0. The minimum Gasteiger partial charge on any atom is -0.373 e. The van der Waals surface area contributed by atoms with Crippen molar-refractivity contribution in [1.29, 1.82) is 0 Å². The summed E-state index contributed by atoms with van der Waals surface area (Å²) in [5, 5.41) is 0. The molecule has 0 bridgehead atoms. The van der Waals surface area contributed by atoms with Crippen molar-refractivity contribution in [2.24, 2.45) is 0 Å². The van der Waals surface area contributed by atoms with Gasteiger partial charge in [0.15, 0.2) is 0 Å². The first-order valence-corrected chi connectivity index (χ1v) is 9.65. The van der Waals surface area contributed by atoms with Crippen LogP contribution in [0.1, 0.15) is 82.4 Å². The number of ether oxygens (including phenoxy) is 2. The summed E-state index contributed by atoms with van der Waals surface area (Å²) >= 11 is 0. The van der Waals surface area contributed by atoms with Gasteiger partial charge in [0, 0.05) is 0 Å². The predicted molar refractivity (Wildman–Crippen MR) is 96.9 cm³/mol. The van der Waals surface area contributed by atoms with Crippen molar-refractivity contribution >= 4 is 0 Å². The summed E-state index contributed by atoms with van der Waals surface area (Å²) in [7, 11) is 0. The Morgan fingerprint density at radius 2 is 1.57 bits per heavy atom. The zero-order valence-electron chi connectivity index (χ0n) is 15.1. The van der Waals surface area contributed by atoms with Crippen molar-refractivity contribution in [1.82, 2.24) is 0 Å². The van der Waals surface area contributed by atoms with Crippen LogP contribution in [0.25, 0.3) is 0 Å². The van der Waals surface area contributed by atoms with Gasteiger partial charge >= 0.3 is 0 Å². The van der Waals surface area contributed by atoms with Gasteiger partial charge in [-0.25, -0.2) is 0 Å². The maximum atomic E-state index is 6.05. The molecule has 1 saturated heterocycles. The molecule has 0 unspecified atom stereocenters. The average molecular weight is 319 g/mol. The topological polar surface area (TPSA) is 18.5 Å². The Kier molecular flexibility index (Phi) is 8.70. The van der Waals surface area contributed by atoms with Gasteiger partial charge in [0.25, 0.3) is 0 Å². The first kappa shape index (κ1) is 18.5. The molecule has 1 aliphatic heterocycles. The Morgan fingerprint density at radius 1 is 0.826 bits per heavy atom. The molecule has 1 aliphatic rings. The SMILES string of the molecule is CCCCCCC[C@H]1CO[C@H](c2ccc(CCCC)cc2)CO1. The van der Waals surface area contributed by atoms with E-state index >= 15 is 0 Å². The van der Waals surface area contributed by atoms with Crippen LogP contribution in [0, 0.1) is 0 Å². The van der Waals surface area contributed by atoms with Gasteiger partial charge in [-0.3, -0.25) is 0 Å². The molecule has 0 saturated carbocycles. The third-order valence-corrected chi connectivity index (χ3v) is 4.77. The highest BCUT2D eigenvalue weighted by molar-refractivity contribution is 5.24. The van der Waals surface area contributed by atoms with Crippen molar-refractivity contribution in [3.8, 4) is 0 Å². The zero-order valence-corrected chi connectivity index (χ0v) is 15.1. The van der Waals surface area contributed by atoms with E-state index in [1.165, 1.54) is 62.5 Å². The van der Waals surface area contributed by atoms with Crippen LogP contribution in [0.5, 0.6) is 0 Å². The number of benzene rings is 1. The molecular weight excluding hydrogens is 284 g/mol. The van der Waals surface area contributed by atoms with E-state index in [1.807, 2.05) is 0 Å². The zero-order chi connectivity index (χ0) is 16.3. The van der Waals surface area contributed by atoms with Crippen molar-refractivity contribution < 1.29 is 9.47 Å². The molecule has 0 N–H and O–H groups in total. The summed E-state index contributed by atoms with van der Waals surface area (Å²) in [6.07, 6.45) is 11.9. The fourth-order valence-electron chi connectivity index (χ4n) is 3.16. The van der Waals surface area contributed by atoms with Crippen molar-refractivity contribution in [2.75, 3.05) is 13.2 Å². The van der Waals surface area contributed by atoms with E-state index in [0.29, 0.717) is 12.7 Å². The van der Waals surface area contributed by atoms with Gasteiger partial charge in [-0.05, 0) is 30.4 Å². The lowest BCUT2D eigenvalue weighted by Gasteiger charge is -2.30. The van der Waals surface area contributed by atoms with Gasteiger partial charge in [0.1, 0.15) is 6.10 Å². The molecule has 0 aromatic heterocycles. The largest absolute Gasteiger partial charge is 0.373 e. The lowest BCUT2D eigenvalue weighted by molar-refractivity contribution is -0.137. The normalized spacial score (nSPS) is 21.5. The Bertz CT molecular complexity index is 404. The van der Waals surface area contributed by atoms with Gasteiger partial charge < -0.3 is 9.47 Å². The Morgan fingerprint density at radius 3 is 2.22 bits per heavy atom. The molecule has 0 aliphatic carbocycles. The van der Waals surface area contributed by atoms with Gasteiger partial charge in [-0.1, -0.05) is 76.6 Å². The van der Waals surface area contributed by atoms with Crippen LogP contribution in [0.4, 0.5) is 0 Å². The van der Waals surface area contributed by atoms with E-state index in [2.05, 4.69) is 38.1 Å². The molecule has 130 valence electrons. The Hall–Kier alpha value is -0.860. The van der Waals surface area contributed by atoms with Crippen LogP contribution >= 0.6 is 0 Å². The number of aryl methyl sites for hydroxylation is 1. The first-order chi connectivity index (χ1) is 11.3. The summed E-state index contributed by atoms with van der Waals surface area (Å²) in [5.74, 6) is 0. The molecule has 0 amide bonds. The van der Waals surface area contributed by atoms with Crippen LogP contribution in [0.2, 0.25) is 0 Å². The summed E-state index contributed by atoms with van der Waals surface area (Å²) in [6, 6.07) is 8.91. The van der Waals surface area contributed by atoms with Crippen molar-refractivity contribution in [3.63, 3.8) is 0 Å². The van der Waals surface area contributed by atoms with Crippen LogP contribution in [0.3, 0.4) is 0 Å². The lowest BCUT2D eigenvalue weighted by atomic mass is 10.0. The lowest BCUT2D eigenvalue weighted by Crippen LogP contribution is -2.31. The predicted octanol–water partition coefficient (Wildman–Crippen LogP) is 5.85. The van der Waals surface area contributed by atoms with E-state index in [9.17, 15) is 0 Å². The molecule has 0 radical (unpaired) electrons. The van der Waals surface area contributed by atoms with Crippen LogP contribution in [0.15, 0.2) is 24.3 Å². The average Bonchev–Trinajstić information content (AvgIpc) is 2.61. The van der Waals surface area contributed by atoms with E-state index in [0.717, 1.165) is 13.0 Å². The Balaban J connectivity index is 1.67. The van der Waals surface area contributed by atoms with E-state index in [1.54, 1.807) is 0 Å². The second-order valence-corrected chi connectivity index (χ2v) is 6.83. The quantitative estimate of drug-likeness (QED) is 0.504. The van der Waals surface area contributed by atoms with Crippen LogP contribution in [-0.2, 0) is 15.9 Å². The van der Waals surface area contributed by atoms with Gasteiger partial charge in [-0.2, -0.15) is 0 Å². The molecule has 0 spiro atoms. The monoisotopic (exact) mass is 318 g/mol. The molecule has 1 heterocycles. The van der Waals surface area contributed by atoms with Gasteiger partial charge in [0.2, 0.25) is 0 Å². The van der Waals surface area contributed by atoms with Crippen molar-refractivity contribution in [2.45, 2.75) is 83.8 Å². The third-order valence-electron chi connectivity index (χ3n) is 4.77. The second kappa shape index (κ2) is 10.8. The molecular formula is C21H34O2. The molecule has 1 aromatic carbocycles. The second-order valence-electron chi connectivity index (χ2n) is 6.83. The van der Waals surface area contributed by atoms with Gasteiger partial charge in [0.05, 0.1) is 19.3 Å². The smallest absolute Gasteiger partial charge is 0.106 e. The molecule has 1 fully saturated rings. The highest BCUT2D eigenvalue weighted by atomic mass is 16.6. The van der Waals surface area contributed by atoms with Gasteiger partial charge in [-0.15, -0.1) is 0 Å². The summed E-state index contributed by atoms with van der Waals surface area (Å²) in [4.78, 5) is 0. The molecule has 2 atom stereocenters. The molecule has 2 nitrogen and oxygen atoms in total. The van der Waals surface area contributed by atoms with E-state index in [4.69, 9.17) is 9.47 Å². The highest BCUT2D eigenvalue weighted by Crippen LogP contribution is 2.25. The van der Waals surface area contributed by atoms with Crippen molar-refractivity contribution in [3.05, 3.63) is 35.4 Å². The fourth-order valence-corrected chi connectivity index (χ4v) is 3.16. The molecule has 2 heteroatoms. The summed E-state index contributed by atoms with van der Waals surface area (Å²) in [5.41, 5.74) is 2.68. The summed E-state index contributed by atoms with van der Waals surface area (Å²) in [6.45, 7) is 5.94. The minimum absolute atomic E-state index is 0.117. The standard InChI is InChI=1S/C21H34O2/c1-3-5-7-8-9-11-20-16-23-21(17-22-20)19-14-12-18(13-15-19)10-6-4-2/h12-15,20-21H,3-11,16-17H2,1-2H3/t20-,21-/m0/s1. The fraction of sp³-hybridized carbons (Fsp3) is 0.714. The highest BCUT2D eigenvalue weighted by Gasteiger charge is 2.23. The third kappa shape index (κ3) is 6.64. The molecule has 2 rings (SSSR count). The van der Waals surface area contributed by atoms with Crippen LogP contribution in [-0.4, -0.2) is 19.3 Å². The van der Waals surface area contributed by atoms with Crippen LogP contribution < -0.4 is 0 Å². The first-order valence-electron chi connectivity index (χ1n) is 9.65. The summed E-state index contributed by atoms with van der Waals surface area (Å²) < 4.78 is 12.1. The maximum absolute atomic E-state index is 6.05. The number of rotatable bonds is 10. The number of unbranched alkanes of at least 4 members (excludes halogenated alkanes) is 5. The maximum Gasteiger partial charge on any atom is 0.106 e. The van der Waals surface area contributed by atoms with E-state index < -0.39 is 0 Å². The minimum atomic E-state index is 0.117. The number of hydrogen-bond acceptors (Lipinski definition) is 2. The Labute approximate surface area is 142 Å². The van der Waals surface area contributed by atoms with E-state index in [-0.39, 0.29) is 6.10 Å². The molecule has 23 heavy (non-hydrogen) atoms. The molecule has 1 aromatic rings.